The van der Waals surface area contributed by atoms with Crippen molar-refractivity contribution in [3.63, 3.8) is 0 Å². The van der Waals surface area contributed by atoms with Gasteiger partial charge in [0.15, 0.2) is 0 Å². The summed E-state index contributed by atoms with van der Waals surface area (Å²) in [5.41, 5.74) is 1.70. The van der Waals surface area contributed by atoms with Gasteiger partial charge in [0.25, 0.3) is 11.7 Å². The lowest BCUT2D eigenvalue weighted by Gasteiger charge is -2.31. The maximum absolute atomic E-state index is 13.7. The minimum Gasteiger partial charge on any atom is -0.507 e. The van der Waals surface area contributed by atoms with Gasteiger partial charge in [0.1, 0.15) is 23.9 Å². The third-order valence-electron chi connectivity index (χ3n) is 6.29. The number of nitrogens with zero attached hydrogens (tertiary/aromatic N) is 2. The molecule has 0 saturated carbocycles. The summed E-state index contributed by atoms with van der Waals surface area (Å²) in [4.78, 5) is 29.9. The quantitative estimate of drug-likeness (QED) is 0.270. The molecule has 0 radical (unpaired) electrons. The van der Waals surface area contributed by atoms with Gasteiger partial charge in [-0.3, -0.25) is 14.5 Å². The lowest BCUT2D eigenvalue weighted by molar-refractivity contribution is -0.140. The number of benzene rings is 2. The van der Waals surface area contributed by atoms with Crippen LogP contribution in [0.1, 0.15) is 22.7 Å². The van der Waals surface area contributed by atoms with Crippen molar-refractivity contribution < 1.29 is 28.6 Å². The summed E-state index contributed by atoms with van der Waals surface area (Å²) in [7, 11) is 0. The van der Waals surface area contributed by atoms with Crippen molar-refractivity contribution >= 4 is 17.4 Å². The van der Waals surface area contributed by atoms with Crippen molar-refractivity contribution in [2.45, 2.75) is 13.0 Å². The van der Waals surface area contributed by atoms with E-state index < -0.39 is 23.5 Å². The summed E-state index contributed by atoms with van der Waals surface area (Å²) < 4.78 is 24.6. The predicted molar refractivity (Wildman–Crippen MR) is 130 cm³/mol. The van der Waals surface area contributed by atoms with Crippen LogP contribution >= 0.6 is 0 Å². The first kappa shape index (κ1) is 24.6. The Bertz CT molecular complexity index is 1140. The molecule has 35 heavy (non-hydrogen) atoms. The summed E-state index contributed by atoms with van der Waals surface area (Å²) >= 11 is 0. The average molecular weight is 481 g/mol. The number of Topliss-reactive ketones (excluding diaryl/α,β-unsaturated/α-hetero) is 1. The summed E-state index contributed by atoms with van der Waals surface area (Å²) in [6.07, 6.45) is 1.63. The van der Waals surface area contributed by atoms with Gasteiger partial charge in [0.05, 0.1) is 24.8 Å². The molecule has 8 heteroatoms. The second-order valence-corrected chi connectivity index (χ2v) is 8.58. The molecule has 2 fully saturated rings. The molecule has 7 nitrogen and oxygen atoms in total. The summed E-state index contributed by atoms with van der Waals surface area (Å²) in [6, 6.07) is 9.88. The molecule has 1 unspecified atom stereocenters. The van der Waals surface area contributed by atoms with Gasteiger partial charge >= 0.3 is 0 Å². The van der Waals surface area contributed by atoms with Crippen LogP contribution in [-0.4, -0.2) is 72.6 Å². The van der Waals surface area contributed by atoms with Crippen LogP contribution in [0.3, 0.4) is 0 Å². The third kappa shape index (κ3) is 5.28. The van der Waals surface area contributed by atoms with Crippen molar-refractivity contribution in [2.75, 3.05) is 46.0 Å². The van der Waals surface area contributed by atoms with E-state index in [1.807, 2.05) is 6.92 Å². The smallest absolute Gasteiger partial charge is 0.295 e. The Morgan fingerprint density at radius 1 is 1.17 bits per heavy atom. The molecule has 2 aliphatic rings. The molecule has 2 heterocycles. The van der Waals surface area contributed by atoms with Crippen molar-refractivity contribution in [1.82, 2.24) is 9.80 Å². The molecular weight excluding hydrogens is 451 g/mol. The van der Waals surface area contributed by atoms with E-state index in [2.05, 4.69) is 11.5 Å². The normalized spacial score (nSPS) is 20.3. The van der Waals surface area contributed by atoms with Crippen LogP contribution in [-0.2, 0) is 14.3 Å². The number of aliphatic hydroxyl groups excluding tert-OH is 1. The fourth-order valence-corrected chi connectivity index (χ4v) is 4.44. The molecule has 0 bridgehead atoms. The van der Waals surface area contributed by atoms with Crippen molar-refractivity contribution in [1.29, 1.82) is 0 Å². The zero-order valence-electron chi connectivity index (χ0n) is 19.7. The molecule has 1 N–H and O–H groups in total. The second-order valence-electron chi connectivity index (χ2n) is 8.58. The predicted octanol–water partition coefficient (Wildman–Crippen LogP) is 3.45. The van der Waals surface area contributed by atoms with E-state index in [1.165, 1.54) is 17.0 Å². The largest absolute Gasteiger partial charge is 0.507 e. The first-order valence-corrected chi connectivity index (χ1v) is 11.6. The molecule has 0 spiro atoms. The van der Waals surface area contributed by atoms with Crippen molar-refractivity contribution in [3.8, 4) is 5.75 Å². The Hall–Kier alpha value is -3.49. The van der Waals surface area contributed by atoms with Crippen molar-refractivity contribution in [2.24, 2.45) is 0 Å². The molecule has 2 saturated heterocycles. The van der Waals surface area contributed by atoms with Gasteiger partial charge in [-0.05, 0) is 48.4 Å². The van der Waals surface area contributed by atoms with Crippen LogP contribution in [0.15, 0.2) is 60.7 Å². The number of ether oxygens (including phenoxy) is 2. The number of rotatable bonds is 8. The fraction of sp³-hybridized carbons (Fsp3) is 0.333. The summed E-state index contributed by atoms with van der Waals surface area (Å²) in [5, 5.41) is 11.2. The topological polar surface area (TPSA) is 79.3 Å². The first-order chi connectivity index (χ1) is 16.9. The Balaban J connectivity index is 1.71. The van der Waals surface area contributed by atoms with Gasteiger partial charge in [-0.15, -0.1) is 0 Å². The number of aliphatic hydroxyl groups is 1. The van der Waals surface area contributed by atoms with E-state index >= 15 is 0 Å². The zero-order chi connectivity index (χ0) is 24.9. The second kappa shape index (κ2) is 10.8. The number of hydrogen-bond donors (Lipinski definition) is 1. The Morgan fingerprint density at radius 2 is 1.89 bits per heavy atom. The molecule has 1 amide bonds. The zero-order valence-corrected chi connectivity index (χ0v) is 19.7. The monoisotopic (exact) mass is 480 g/mol. The number of carbonyl (C=O) groups is 2. The van der Waals surface area contributed by atoms with Gasteiger partial charge in [-0.2, -0.15) is 0 Å². The molecular formula is C27H29FN2O5. The number of ketones is 1. The van der Waals surface area contributed by atoms with Crippen LogP contribution in [0, 0.1) is 12.7 Å². The van der Waals surface area contributed by atoms with E-state index in [0.29, 0.717) is 43.2 Å². The maximum Gasteiger partial charge on any atom is 0.295 e. The minimum absolute atomic E-state index is 0.0113. The highest BCUT2D eigenvalue weighted by Gasteiger charge is 2.46. The molecule has 4 rings (SSSR count). The summed E-state index contributed by atoms with van der Waals surface area (Å²) in [5.74, 6) is -1.52. The molecule has 1 atom stereocenters. The van der Waals surface area contributed by atoms with E-state index in [-0.39, 0.29) is 17.9 Å². The number of amides is 1. The minimum atomic E-state index is -0.825. The van der Waals surface area contributed by atoms with Crippen molar-refractivity contribution in [3.05, 3.63) is 83.2 Å². The lowest BCUT2D eigenvalue weighted by Crippen LogP contribution is -2.42. The number of hydrogen-bond acceptors (Lipinski definition) is 6. The lowest BCUT2D eigenvalue weighted by atomic mass is 9.94. The highest BCUT2D eigenvalue weighted by molar-refractivity contribution is 6.46. The molecule has 0 aliphatic carbocycles. The molecule has 2 aromatic rings. The SMILES string of the molecule is C=CCOc1ccc(/C(O)=C2/C(=O)C(=O)N(CCN3CCOCC3)C2c2ccc(F)cc2)cc1C. The number of likely N-dealkylation sites (tertiary alicyclic amines) is 1. The fourth-order valence-electron chi connectivity index (χ4n) is 4.44. The Morgan fingerprint density at radius 3 is 2.54 bits per heavy atom. The molecule has 0 aromatic heterocycles. The standard InChI is InChI=1S/C27H29FN2O5/c1-3-14-35-22-9-6-20(17-18(22)2)25(31)23-24(19-4-7-21(28)8-5-19)30(27(33)26(23)32)11-10-29-12-15-34-16-13-29/h3-9,17,24,31H,1,10-16H2,2H3/b25-23-. The number of carbonyl (C=O) groups excluding carboxylic acids is 2. The van der Waals surface area contributed by atoms with Gasteiger partial charge in [0, 0.05) is 31.7 Å². The van der Waals surface area contributed by atoms with Gasteiger partial charge in [-0.25, -0.2) is 4.39 Å². The number of halogens is 1. The summed E-state index contributed by atoms with van der Waals surface area (Å²) in [6.45, 7) is 9.36. The maximum atomic E-state index is 13.7. The molecule has 2 aromatic carbocycles. The first-order valence-electron chi connectivity index (χ1n) is 11.6. The molecule has 2 aliphatic heterocycles. The highest BCUT2D eigenvalue weighted by atomic mass is 19.1. The Labute approximate surface area is 204 Å². The van der Waals surface area contributed by atoms with Gasteiger partial charge in [0.2, 0.25) is 0 Å². The van der Waals surface area contributed by atoms with E-state index in [4.69, 9.17) is 9.47 Å². The van der Waals surface area contributed by atoms with Crippen LogP contribution in [0.2, 0.25) is 0 Å². The Kier molecular flexibility index (Phi) is 7.63. The van der Waals surface area contributed by atoms with E-state index in [1.54, 1.807) is 36.4 Å². The van der Waals surface area contributed by atoms with Crippen LogP contribution in [0.4, 0.5) is 4.39 Å². The van der Waals surface area contributed by atoms with Gasteiger partial charge in [-0.1, -0.05) is 24.8 Å². The number of morpholine rings is 1. The van der Waals surface area contributed by atoms with Crippen LogP contribution < -0.4 is 4.74 Å². The van der Waals surface area contributed by atoms with Crippen LogP contribution in [0.25, 0.3) is 5.76 Å². The average Bonchev–Trinajstić information content (AvgIpc) is 3.12. The van der Waals surface area contributed by atoms with E-state index in [0.717, 1.165) is 18.7 Å². The molecule has 184 valence electrons. The number of aryl methyl sites for hydroxylation is 1. The van der Waals surface area contributed by atoms with Crippen LogP contribution in [0.5, 0.6) is 5.75 Å². The third-order valence-corrected chi connectivity index (χ3v) is 6.29. The van der Waals surface area contributed by atoms with Gasteiger partial charge < -0.3 is 19.5 Å². The van der Waals surface area contributed by atoms with E-state index in [9.17, 15) is 19.1 Å². The highest BCUT2D eigenvalue weighted by Crippen LogP contribution is 2.39.